The molecule has 0 aromatic heterocycles. The number of hydrogen-bond acceptors (Lipinski definition) is 3. The van der Waals surface area contributed by atoms with Gasteiger partial charge in [-0.25, -0.2) is 4.39 Å². The Morgan fingerprint density at radius 3 is 2.95 bits per heavy atom. The Labute approximate surface area is 125 Å². The molecule has 1 aliphatic rings. The average Bonchev–Trinajstić information content (AvgIpc) is 2.46. The van der Waals surface area contributed by atoms with Crippen molar-refractivity contribution in [3.05, 3.63) is 35.6 Å². The summed E-state index contributed by atoms with van der Waals surface area (Å²) in [5.74, 6) is 0.0975. The molecule has 5 heteroatoms. The van der Waals surface area contributed by atoms with Gasteiger partial charge in [-0.15, -0.1) is 0 Å². The second kappa shape index (κ2) is 7.52. The van der Waals surface area contributed by atoms with Crippen LogP contribution < -0.4 is 5.32 Å². The summed E-state index contributed by atoms with van der Waals surface area (Å²) in [6.45, 7) is 7.14. The maximum absolute atomic E-state index is 13.5. The van der Waals surface area contributed by atoms with Crippen molar-refractivity contribution in [2.24, 2.45) is 5.92 Å². The number of ether oxygens (including phenoxy) is 1. The molecule has 1 aliphatic heterocycles. The lowest BCUT2D eigenvalue weighted by Crippen LogP contribution is -2.54. The topological polar surface area (TPSA) is 41.6 Å². The van der Waals surface area contributed by atoms with E-state index in [1.165, 1.54) is 6.07 Å². The van der Waals surface area contributed by atoms with Crippen LogP contribution in [0.4, 0.5) is 4.39 Å². The van der Waals surface area contributed by atoms with Crippen molar-refractivity contribution < 1.29 is 13.9 Å². The van der Waals surface area contributed by atoms with E-state index in [2.05, 4.69) is 24.1 Å². The number of halogens is 1. The van der Waals surface area contributed by atoms with Gasteiger partial charge in [0.25, 0.3) is 0 Å². The number of hydrogen-bond donors (Lipinski definition) is 1. The number of morpholine rings is 1. The molecule has 1 atom stereocenters. The zero-order valence-electron chi connectivity index (χ0n) is 12.6. The van der Waals surface area contributed by atoms with Gasteiger partial charge in [0.15, 0.2) is 0 Å². The molecule has 1 N–H and O–H groups in total. The molecule has 1 fully saturated rings. The molecule has 0 bridgehead atoms. The lowest BCUT2D eigenvalue weighted by molar-refractivity contribution is -0.133. The number of nitrogens with one attached hydrogen (secondary N) is 1. The third-order valence-corrected chi connectivity index (χ3v) is 3.55. The van der Waals surface area contributed by atoms with Gasteiger partial charge in [0, 0.05) is 25.2 Å². The second-order valence-corrected chi connectivity index (χ2v) is 5.79. The summed E-state index contributed by atoms with van der Waals surface area (Å²) >= 11 is 0. The van der Waals surface area contributed by atoms with Crippen LogP contribution in [0, 0.1) is 11.7 Å². The molecular formula is C16H23FN2O2. The number of benzene rings is 1. The highest BCUT2D eigenvalue weighted by Crippen LogP contribution is 2.11. The normalized spacial score (nSPS) is 19.7. The molecule has 2 rings (SSSR count). The Hall–Kier alpha value is -1.46. The fourth-order valence-electron chi connectivity index (χ4n) is 2.51. The van der Waals surface area contributed by atoms with E-state index in [4.69, 9.17) is 4.74 Å². The highest BCUT2D eigenvalue weighted by Gasteiger charge is 2.29. The third kappa shape index (κ3) is 4.51. The van der Waals surface area contributed by atoms with Crippen LogP contribution in [0.15, 0.2) is 24.3 Å². The molecule has 1 amide bonds. The van der Waals surface area contributed by atoms with Gasteiger partial charge in [-0.3, -0.25) is 9.69 Å². The largest absolute Gasteiger partial charge is 0.378 e. The molecule has 0 radical (unpaired) electrons. The number of amides is 1. The van der Waals surface area contributed by atoms with Gasteiger partial charge in [0.1, 0.15) is 11.9 Å². The van der Waals surface area contributed by atoms with Crippen molar-refractivity contribution in [3.8, 4) is 0 Å². The van der Waals surface area contributed by atoms with Crippen LogP contribution in [0.25, 0.3) is 0 Å². The summed E-state index contributed by atoms with van der Waals surface area (Å²) in [5, 5.41) is 2.81. The fraction of sp³-hybridized carbons (Fsp3) is 0.562. The van der Waals surface area contributed by atoms with Gasteiger partial charge in [-0.2, -0.15) is 0 Å². The van der Waals surface area contributed by atoms with Crippen molar-refractivity contribution in [2.45, 2.75) is 26.4 Å². The van der Waals surface area contributed by atoms with Crippen LogP contribution in [0.1, 0.15) is 19.4 Å². The van der Waals surface area contributed by atoms with E-state index in [1.807, 2.05) is 0 Å². The first-order valence-corrected chi connectivity index (χ1v) is 7.41. The molecule has 1 saturated heterocycles. The maximum Gasteiger partial charge on any atom is 0.240 e. The van der Waals surface area contributed by atoms with E-state index in [0.29, 0.717) is 24.7 Å². The smallest absolute Gasteiger partial charge is 0.240 e. The molecule has 0 unspecified atom stereocenters. The average molecular weight is 294 g/mol. The highest BCUT2D eigenvalue weighted by atomic mass is 19.1. The summed E-state index contributed by atoms with van der Waals surface area (Å²) in [5.41, 5.74) is 0.498. The van der Waals surface area contributed by atoms with Gasteiger partial charge in [0.05, 0.1) is 13.2 Å². The zero-order chi connectivity index (χ0) is 15.2. The van der Waals surface area contributed by atoms with Crippen LogP contribution in [0.3, 0.4) is 0 Å². The van der Waals surface area contributed by atoms with E-state index in [1.54, 1.807) is 18.2 Å². The van der Waals surface area contributed by atoms with Crippen molar-refractivity contribution in [1.29, 1.82) is 0 Å². The first-order valence-electron chi connectivity index (χ1n) is 7.41. The van der Waals surface area contributed by atoms with Gasteiger partial charge in [-0.1, -0.05) is 32.0 Å². The van der Waals surface area contributed by atoms with Gasteiger partial charge < -0.3 is 10.1 Å². The van der Waals surface area contributed by atoms with E-state index in [9.17, 15) is 9.18 Å². The SMILES string of the molecule is CC(C)CN1CCOC[C@@H]1C(=O)NCc1ccccc1F. The van der Waals surface area contributed by atoms with Crippen LogP contribution in [0.2, 0.25) is 0 Å². The maximum atomic E-state index is 13.5. The predicted molar refractivity (Wildman–Crippen MR) is 79.3 cm³/mol. The fourth-order valence-corrected chi connectivity index (χ4v) is 2.51. The molecule has 0 spiro atoms. The Morgan fingerprint density at radius 2 is 2.24 bits per heavy atom. The monoisotopic (exact) mass is 294 g/mol. The van der Waals surface area contributed by atoms with Crippen molar-refractivity contribution in [2.75, 3.05) is 26.3 Å². The first-order chi connectivity index (χ1) is 10.1. The van der Waals surface area contributed by atoms with Crippen LogP contribution in [-0.2, 0) is 16.1 Å². The third-order valence-electron chi connectivity index (χ3n) is 3.55. The quantitative estimate of drug-likeness (QED) is 0.900. The minimum atomic E-state index is -0.295. The number of nitrogens with zero attached hydrogens (tertiary/aromatic N) is 1. The number of carbonyl (C=O) groups excluding carboxylic acids is 1. The Bertz CT molecular complexity index is 479. The van der Waals surface area contributed by atoms with Crippen LogP contribution in [-0.4, -0.2) is 43.2 Å². The number of rotatable bonds is 5. The zero-order valence-corrected chi connectivity index (χ0v) is 12.6. The van der Waals surface area contributed by atoms with E-state index in [-0.39, 0.29) is 24.3 Å². The summed E-state index contributed by atoms with van der Waals surface area (Å²) < 4.78 is 19.0. The number of carbonyl (C=O) groups is 1. The Morgan fingerprint density at radius 1 is 1.48 bits per heavy atom. The van der Waals surface area contributed by atoms with Crippen molar-refractivity contribution in [1.82, 2.24) is 10.2 Å². The minimum Gasteiger partial charge on any atom is -0.378 e. The van der Waals surface area contributed by atoms with Crippen molar-refractivity contribution in [3.63, 3.8) is 0 Å². The standard InChI is InChI=1S/C16H23FN2O2/c1-12(2)10-19-7-8-21-11-15(19)16(20)18-9-13-5-3-4-6-14(13)17/h3-6,12,15H,7-11H2,1-2H3,(H,18,20)/t15-/m1/s1. The summed E-state index contributed by atoms with van der Waals surface area (Å²) in [6, 6.07) is 6.20. The lowest BCUT2D eigenvalue weighted by atomic mass is 10.1. The summed E-state index contributed by atoms with van der Waals surface area (Å²) in [7, 11) is 0. The first kappa shape index (κ1) is 15.9. The van der Waals surface area contributed by atoms with Crippen LogP contribution >= 0.6 is 0 Å². The molecule has 0 aliphatic carbocycles. The molecule has 1 aromatic rings. The molecule has 0 saturated carbocycles. The lowest BCUT2D eigenvalue weighted by Gasteiger charge is -2.35. The second-order valence-electron chi connectivity index (χ2n) is 5.79. The summed E-state index contributed by atoms with van der Waals surface area (Å²) in [4.78, 5) is 14.5. The van der Waals surface area contributed by atoms with Gasteiger partial charge in [-0.05, 0) is 12.0 Å². The Balaban J connectivity index is 1.93. The predicted octanol–water partition coefficient (Wildman–Crippen LogP) is 1.80. The minimum absolute atomic E-state index is 0.0985. The van der Waals surface area contributed by atoms with E-state index < -0.39 is 0 Å². The molecule has 21 heavy (non-hydrogen) atoms. The summed E-state index contributed by atoms with van der Waals surface area (Å²) in [6.07, 6.45) is 0. The van der Waals surface area contributed by atoms with E-state index >= 15 is 0 Å². The Kier molecular flexibility index (Phi) is 5.70. The molecule has 1 aromatic carbocycles. The van der Waals surface area contributed by atoms with Gasteiger partial charge in [0.2, 0.25) is 5.91 Å². The highest BCUT2D eigenvalue weighted by molar-refractivity contribution is 5.82. The van der Waals surface area contributed by atoms with Crippen molar-refractivity contribution >= 4 is 5.91 Å². The molecule has 116 valence electrons. The van der Waals surface area contributed by atoms with Crippen LogP contribution in [0.5, 0.6) is 0 Å². The van der Waals surface area contributed by atoms with E-state index in [0.717, 1.165) is 13.1 Å². The molecule has 1 heterocycles. The molecular weight excluding hydrogens is 271 g/mol. The molecule has 4 nitrogen and oxygen atoms in total. The van der Waals surface area contributed by atoms with Gasteiger partial charge >= 0.3 is 0 Å².